The van der Waals surface area contributed by atoms with Crippen LogP contribution >= 0.6 is 11.3 Å². The van der Waals surface area contributed by atoms with Gasteiger partial charge in [-0.05, 0) is 63.1 Å². The molecule has 3 aliphatic rings. The van der Waals surface area contributed by atoms with Gasteiger partial charge in [0, 0.05) is 42.6 Å². The molecule has 1 saturated carbocycles. The number of hydrogen-bond acceptors (Lipinski definition) is 6. The monoisotopic (exact) mass is 514 g/mol. The molecule has 3 aromatic rings. The van der Waals surface area contributed by atoms with Crippen LogP contribution in [0.5, 0.6) is 0 Å². The lowest BCUT2D eigenvalue weighted by Crippen LogP contribution is -2.56. The number of hydrogen-bond donors (Lipinski definition) is 1. The molecule has 36 heavy (non-hydrogen) atoms. The van der Waals surface area contributed by atoms with Gasteiger partial charge in [0.15, 0.2) is 5.13 Å². The zero-order chi connectivity index (χ0) is 24.9. The van der Waals surface area contributed by atoms with Crippen molar-refractivity contribution in [3.05, 3.63) is 40.5 Å². The molecule has 4 heterocycles. The van der Waals surface area contributed by atoms with Crippen molar-refractivity contribution in [2.45, 2.75) is 57.0 Å². The zero-order valence-electron chi connectivity index (χ0n) is 20.6. The number of benzene rings is 1. The van der Waals surface area contributed by atoms with Crippen molar-refractivity contribution < 1.29 is 13.6 Å². The molecule has 2 aromatic heterocycles. The molecule has 0 bridgehead atoms. The van der Waals surface area contributed by atoms with Crippen molar-refractivity contribution >= 4 is 33.3 Å². The van der Waals surface area contributed by atoms with Crippen molar-refractivity contribution in [2.75, 3.05) is 31.1 Å². The molecule has 0 atom stereocenters. The summed E-state index contributed by atoms with van der Waals surface area (Å²) in [5, 5.41) is 9.31. The van der Waals surface area contributed by atoms with Crippen LogP contribution in [-0.2, 0) is 20.0 Å². The molecule has 2 fully saturated rings. The van der Waals surface area contributed by atoms with Crippen LogP contribution in [0.25, 0.3) is 10.9 Å². The van der Waals surface area contributed by atoms with E-state index in [4.69, 9.17) is 4.98 Å². The normalized spacial score (nSPS) is 23.9. The highest BCUT2D eigenvalue weighted by Gasteiger charge is 2.45. The number of carbonyl (C=O) groups excluding carboxylic acids is 1. The van der Waals surface area contributed by atoms with E-state index in [0.717, 1.165) is 79.9 Å². The number of amides is 1. The molecular weight excluding hydrogens is 482 g/mol. The van der Waals surface area contributed by atoms with E-state index in [1.807, 2.05) is 31.4 Å². The summed E-state index contributed by atoms with van der Waals surface area (Å²) in [5.41, 5.74) is 2.61. The minimum Gasteiger partial charge on any atom is -0.349 e. The van der Waals surface area contributed by atoms with Crippen LogP contribution < -0.4 is 10.2 Å². The van der Waals surface area contributed by atoms with Gasteiger partial charge in [0.2, 0.25) is 0 Å². The zero-order valence-corrected chi connectivity index (χ0v) is 21.4. The molecule has 2 aliphatic heterocycles. The molecular formula is C26H32F2N6OS. The van der Waals surface area contributed by atoms with Gasteiger partial charge in [0.05, 0.1) is 29.9 Å². The van der Waals surface area contributed by atoms with Crippen molar-refractivity contribution in [1.82, 2.24) is 25.0 Å². The molecule has 0 unspecified atom stereocenters. The number of nitrogens with zero attached hydrogens (tertiary/aromatic N) is 5. The third kappa shape index (κ3) is 4.85. The number of carbonyl (C=O) groups is 1. The maximum absolute atomic E-state index is 13.2. The third-order valence-electron chi connectivity index (χ3n) is 7.86. The average molecular weight is 515 g/mol. The van der Waals surface area contributed by atoms with Crippen LogP contribution in [0, 0.1) is 5.92 Å². The molecule has 1 saturated heterocycles. The third-order valence-corrected chi connectivity index (χ3v) is 9.07. The number of rotatable bonds is 6. The number of fused-ring (bicyclic) bond motifs is 2. The summed E-state index contributed by atoms with van der Waals surface area (Å²) >= 11 is 1.59. The first-order valence-corrected chi connectivity index (χ1v) is 13.7. The van der Waals surface area contributed by atoms with Gasteiger partial charge in [0.25, 0.3) is 11.8 Å². The van der Waals surface area contributed by atoms with Crippen LogP contribution in [0.2, 0.25) is 0 Å². The molecule has 0 radical (unpaired) electrons. The van der Waals surface area contributed by atoms with E-state index in [0.29, 0.717) is 11.5 Å². The van der Waals surface area contributed by atoms with Gasteiger partial charge < -0.3 is 10.2 Å². The smallest absolute Gasteiger partial charge is 0.282 e. The first-order valence-electron chi connectivity index (χ1n) is 12.9. The van der Waals surface area contributed by atoms with E-state index in [2.05, 4.69) is 15.3 Å². The summed E-state index contributed by atoms with van der Waals surface area (Å²) in [6.07, 6.45) is 8.30. The lowest BCUT2D eigenvalue weighted by atomic mass is 9.84. The number of anilines is 1. The van der Waals surface area contributed by atoms with Crippen molar-refractivity contribution in [2.24, 2.45) is 13.0 Å². The standard InChI is InChI=1S/C26H32F2N6OS/c1-32-13-20-19(3-2-4-21(20)31-32)24(35)29-18-7-5-17(6-8-18)9-11-33-12-10-23-22(14-33)30-25(36-23)34-15-26(27,28)16-34/h2-4,13,17-18H,5-12,14-16H2,1H3,(H,29,35)/t17-,18-. The van der Waals surface area contributed by atoms with E-state index in [-0.39, 0.29) is 25.0 Å². The second-order valence-corrected chi connectivity index (χ2v) is 11.7. The maximum atomic E-state index is 13.2. The van der Waals surface area contributed by atoms with Gasteiger partial charge >= 0.3 is 0 Å². The van der Waals surface area contributed by atoms with Gasteiger partial charge in [-0.1, -0.05) is 6.07 Å². The Morgan fingerprint density at radius 2 is 2.03 bits per heavy atom. The fourth-order valence-electron chi connectivity index (χ4n) is 5.80. The largest absolute Gasteiger partial charge is 0.349 e. The minimum atomic E-state index is -2.56. The van der Waals surface area contributed by atoms with Crippen LogP contribution in [0.1, 0.15) is 53.0 Å². The molecule has 0 spiro atoms. The summed E-state index contributed by atoms with van der Waals surface area (Å²) in [6, 6.07) is 5.92. The van der Waals surface area contributed by atoms with Gasteiger partial charge in [-0.3, -0.25) is 14.4 Å². The van der Waals surface area contributed by atoms with Crippen molar-refractivity contribution in [3.63, 3.8) is 0 Å². The van der Waals surface area contributed by atoms with Crippen molar-refractivity contribution in [3.8, 4) is 0 Å². The Morgan fingerprint density at radius 3 is 2.81 bits per heavy atom. The number of alkyl halides is 2. The Labute approximate surface area is 213 Å². The summed E-state index contributed by atoms with van der Waals surface area (Å²) < 4.78 is 28.2. The molecule has 1 amide bonds. The molecule has 1 aromatic carbocycles. The number of thiazole rings is 1. The highest BCUT2D eigenvalue weighted by Crippen LogP contribution is 2.37. The first-order chi connectivity index (χ1) is 17.3. The van der Waals surface area contributed by atoms with Crippen LogP contribution in [0.4, 0.5) is 13.9 Å². The van der Waals surface area contributed by atoms with E-state index < -0.39 is 5.92 Å². The predicted molar refractivity (Wildman–Crippen MR) is 137 cm³/mol. The van der Waals surface area contributed by atoms with E-state index in [1.165, 1.54) is 4.88 Å². The Morgan fingerprint density at radius 1 is 1.22 bits per heavy atom. The lowest BCUT2D eigenvalue weighted by Gasteiger charge is -2.38. The van der Waals surface area contributed by atoms with E-state index in [1.54, 1.807) is 20.9 Å². The topological polar surface area (TPSA) is 66.3 Å². The van der Waals surface area contributed by atoms with Crippen LogP contribution in [0.3, 0.4) is 0 Å². The minimum absolute atomic E-state index is 0.00857. The van der Waals surface area contributed by atoms with Gasteiger partial charge in [-0.15, -0.1) is 11.3 Å². The van der Waals surface area contributed by atoms with Gasteiger partial charge in [-0.25, -0.2) is 13.8 Å². The molecule has 10 heteroatoms. The number of halogens is 2. The molecule has 1 N–H and O–H groups in total. The van der Waals surface area contributed by atoms with E-state index >= 15 is 0 Å². The quantitative estimate of drug-likeness (QED) is 0.534. The summed E-state index contributed by atoms with van der Waals surface area (Å²) in [6.45, 7) is 2.47. The average Bonchev–Trinajstić information content (AvgIpc) is 3.43. The Bertz CT molecular complexity index is 1260. The van der Waals surface area contributed by atoms with E-state index in [9.17, 15) is 13.6 Å². The second kappa shape index (κ2) is 9.37. The Hall–Kier alpha value is -2.59. The van der Waals surface area contributed by atoms with Crippen LogP contribution in [0.15, 0.2) is 24.4 Å². The Balaban J connectivity index is 0.959. The SMILES string of the molecule is Cn1cc2c(C(=O)N[C@H]3CC[C@H](CCN4CCc5sc(N6CC(F)(F)C6)nc5C4)CC3)cccc2n1. The maximum Gasteiger partial charge on any atom is 0.282 e. The highest BCUT2D eigenvalue weighted by molar-refractivity contribution is 7.15. The van der Waals surface area contributed by atoms with Gasteiger partial charge in [-0.2, -0.15) is 5.10 Å². The summed E-state index contributed by atoms with van der Waals surface area (Å²) in [5.74, 6) is -1.89. The number of aromatic nitrogens is 3. The fraction of sp³-hybridized carbons (Fsp3) is 0.577. The summed E-state index contributed by atoms with van der Waals surface area (Å²) in [7, 11) is 1.87. The predicted octanol–water partition coefficient (Wildman–Crippen LogP) is 4.22. The molecule has 192 valence electrons. The highest BCUT2D eigenvalue weighted by atomic mass is 32.1. The van der Waals surface area contributed by atoms with Crippen LogP contribution in [-0.4, -0.2) is 63.7 Å². The number of nitrogens with one attached hydrogen (secondary N) is 1. The number of aryl methyl sites for hydroxylation is 1. The Kier molecular flexibility index (Phi) is 6.19. The molecule has 1 aliphatic carbocycles. The lowest BCUT2D eigenvalue weighted by molar-refractivity contribution is -0.0263. The van der Waals surface area contributed by atoms with Gasteiger partial charge in [0.1, 0.15) is 0 Å². The molecule has 6 rings (SSSR count). The fourth-order valence-corrected chi connectivity index (χ4v) is 6.85. The first kappa shape index (κ1) is 23.8. The second-order valence-electron chi connectivity index (χ2n) is 10.6. The molecule has 7 nitrogen and oxygen atoms in total. The summed E-state index contributed by atoms with van der Waals surface area (Å²) in [4.78, 5) is 23.1. The van der Waals surface area contributed by atoms with Crippen molar-refractivity contribution in [1.29, 1.82) is 0 Å².